The molecule has 0 aliphatic carbocycles. The zero-order valence-corrected chi connectivity index (χ0v) is 14.7. The lowest BCUT2D eigenvalue weighted by Crippen LogP contribution is -2.50. The summed E-state index contributed by atoms with van der Waals surface area (Å²) in [5.74, 6) is 0. The maximum atomic E-state index is 12.2. The van der Waals surface area contributed by atoms with Crippen molar-refractivity contribution in [3.05, 3.63) is 35.9 Å². The first kappa shape index (κ1) is 17.9. The van der Waals surface area contributed by atoms with Crippen LogP contribution in [0.2, 0.25) is 0 Å². The molecule has 1 fully saturated rings. The van der Waals surface area contributed by atoms with Gasteiger partial charge in [-0.05, 0) is 25.3 Å². The van der Waals surface area contributed by atoms with Gasteiger partial charge in [-0.15, -0.1) is 0 Å². The minimum absolute atomic E-state index is 0.0335. The molecule has 1 aliphatic rings. The van der Waals surface area contributed by atoms with Gasteiger partial charge in [-0.1, -0.05) is 30.3 Å². The van der Waals surface area contributed by atoms with E-state index >= 15 is 0 Å². The highest BCUT2D eigenvalue weighted by molar-refractivity contribution is 7.84. The first-order chi connectivity index (χ1) is 11.1. The van der Waals surface area contributed by atoms with Gasteiger partial charge in [0.15, 0.2) is 0 Å². The summed E-state index contributed by atoms with van der Waals surface area (Å²) in [5.41, 5.74) is 1.29. The van der Waals surface area contributed by atoms with Gasteiger partial charge in [0.05, 0.1) is 12.7 Å². The Balaban J connectivity index is 1.76. The average molecular weight is 338 g/mol. The number of hydrogen-bond acceptors (Lipinski definition) is 3. The second-order valence-electron chi connectivity index (χ2n) is 5.96. The zero-order valence-electron chi connectivity index (χ0n) is 13.9. The van der Waals surface area contributed by atoms with E-state index in [1.807, 2.05) is 25.1 Å². The predicted octanol–water partition coefficient (Wildman–Crippen LogP) is 1.80. The van der Waals surface area contributed by atoms with E-state index in [2.05, 4.69) is 17.4 Å². The number of carbonyl (C=O) groups is 1. The van der Waals surface area contributed by atoms with Gasteiger partial charge >= 0.3 is 6.03 Å². The van der Waals surface area contributed by atoms with Crippen LogP contribution in [0.1, 0.15) is 18.9 Å². The van der Waals surface area contributed by atoms with Gasteiger partial charge in [-0.2, -0.15) is 0 Å². The third-order valence-electron chi connectivity index (χ3n) is 4.13. The highest BCUT2D eigenvalue weighted by Gasteiger charge is 2.24. The fourth-order valence-electron chi connectivity index (χ4n) is 2.51. The van der Waals surface area contributed by atoms with E-state index in [0.717, 1.165) is 12.8 Å². The molecule has 6 heteroatoms. The number of urea groups is 1. The van der Waals surface area contributed by atoms with Crippen LogP contribution in [0.5, 0.6) is 0 Å². The van der Waals surface area contributed by atoms with Crippen molar-refractivity contribution >= 4 is 16.8 Å². The van der Waals surface area contributed by atoms with Crippen LogP contribution in [0.25, 0.3) is 0 Å². The summed E-state index contributed by atoms with van der Waals surface area (Å²) in [6, 6.07) is 10.2. The van der Waals surface area contributed by atoms with Crippen molar-refractivity contribution in [2.45, 2.75) is 31.1 Å². The molecule has 1 saturated heterocycles. The Bertz CT molecular complexity index is 524. The van der Waals surface area contributed by atoms with Gasteiger partial charge in [0.25, 0.3) is 0 Å². The molecule has 0 aromatic heterocycles. The van der Waals surface area contributed by atoms with Gasteiger partial charge in [0.2, 0.25) is 0 Å². The number of ether oxygens (including phenoxy) is 1. The van der Waals surface area contributed by atoms with Crippen LogP contribution in [-0.2, 0) is 22.0 Å². The van der Waals surface area contributed by atoms with Crippen LogP contribution in [0, 0.1) is 0 Å². The molecular weight excluding hydrogens is 312 g/mol. The summed E-state index contributed by atoms with van der Waals surface area (Å²) >= 11 is 0. The van der Waals surface area contributed by atoms with Crippen molar-refractivity contribution in [2.24, 2.45) is 0 Å². The summed E-state index contributed by atoms with van der Waals surface area (Å²) in [7, 11) is -0.921. The molecular formula is C17H26N2O3S. The van der Waals surface area contributed by atoms with Gasteiger partial charge in [-0.3, -0.25) is 4.21 Å². The Morgan fingerprint density at radius 3 is 2.87 bits per heavy atom. The minimum Gasteiger partial charge on any atom is -0.375 e. The van der Waals surface area contributed by atoms with E-state index in [9.17, 15) is 9.00 Å². The Morgan fingerprint density at radius 1 is 1.43 bits per heavy atom. The van der Waals surface area contributed by atoms with E-state index in [-0.39, 0.29) is 17.4 Å². The minimum atomic E-state index is -0.921. The molecule has 0 saturated carbocycles. The molecule has 1 heterocycles. The fraction of sp³-hybridized carbons (Fsp3) is 0.588. The van der Waals surface area contributed by atoms with Gasteiger partial charge in [-0.25, -0.2) is 4.79 Å². The Labute approximate surface area is 140 Å². The highest BCUT2D eigenvalue weighted by Crippen LogP contribution is 2.12. The molecule has 1 aromatic carbocycles. The molecule has 0 bridgehead atoms. The second-order valence-corrected chi connectivity index (χ2v) is 7.76. The average Bonchev–Trinajstić information content (AvgIpc) is 2.58. The molecule has 1 aliphatic heterocycles. The van der Waals surface area contributed by atoms with Crippen LogP contribution in [0.4, 0.5) is 4.79 Å². The molecule has 1 N–H and O–H groups in total. The smallest absolute Gasteiger partial charge is 0.317 e. The summed E-state index contributed by atoms with van der Waals surface area (Å²) in [6.07, 6.45) is 3.59. The SMILES string of the molecule is C[C@H](CNC(=O)N1CCO[C@@H](CCc2ccccc2)C1)[S@](C)=O. The van der Waals surface area contributed by atoms with Gasteiger partial charge in [0.1, 0.15) is 0 Å². The number of carbonyl (C=O) groups excluding carboxylic acids is 1. The van der Waals surface area contributed by atoms with E-state index < -0.39 is 10.8 Å². The molecule has 3 atom stereocenters. The normalized spacial score (nSPS) is 20.8. The topological polar surface area (TPSA) is 58.6 Å². The first-order valence-corrected chi connectivity index (χ1v) is 9.69. The monoisotopic (exact) mass is 338 g/mol. The highest BCUT2D eigenvalue weighted by atomic mass is 32.2. The van der Waals surface area contributed by atoms with E-state index in [1.54, 1.807) is 11.2 Å². The predicted molar refractivity (Wildman–Crippen MR) is 93.0 cm³/mol. The maximum Gasteiger partial charge on any atom is 0.317 e. The number of nitrogens with one attached hydrogen (secondary N) is 1. The number of morpholine rings is 1. The number of benzene rings is 1. The van der Waals surface area contributed by atoms with Crippen LogP contribution < -0.4 is 5.32 Å². The van der Waals surface area contributed by atoms with Crippen LogP contribution >= 0.6 is 0 Å². The standard InChI is InChI=1S/C17H26N2O3S/c1-14(23(2)21)12-18-17(20)19-10-11-22-16(13-19)9-8-15-6-4-3-5-7-15/h3-7,14,16H,8-13H2,1-2H3,(H,18,20)/t14-,16+,23+/m1/s1. The lowest BCUT2D eigenvalue weighted by molar-refractivity contribution is -0.0175. The summed E-state index contributed by atoms with van der Waals surface area (Å²) in [5, 5.41) is 2.83. The van der Waals surface area contributed by atoms with Crippen LogP contribution in [0.3, 0.4) is 0 Å². The van der Waals surface area contributed by atoms with E-state index in [1.165, 1.54) is 5.56 Å². The van der Waals surface area contributed by atoms with Crippen molar-refractivity contribution < 1.29 is 13.7 Å². The third-order valence-corrected chi connectivity index (χ3v) is 5.43. The molecule has 0 radical (unpaired) electrons. The molecule has 1 aromatic rings. The van der Waals surface area contributed by atoms with Crippen molar-refractivity contribution in [3.8, 4) is 0 Å². The van der Waals surface area contributed by atoms with E-state index in [0.29, 0.717) is 26.2 Å². The lowest BCUT2D eigenvalue weighted by Gasteiger charge is -2.33. The lowest BCUT2D eigenvalue weighted by atomic mass is 10.1. The quantitative estimate of drug-likeness (QED) is 0.860. The van der Waals surface area contributed by atoms with Crippen molar-refractivity contribution in [1.29, 1.82) is 0 Å². The maximum absolute atomic E-state index is 12.2. The van der Waals surface area contributed by atoms with Crippen molar-refractivity contribution in [1.82, 2.24) is 10.2 Å². The molecule has 128 valence electrons. The summed E-state index contributed by atoms with van der Waals surface area (Å²) in [4.78, 5) is 14.0. The zero-order chi connectivity index (χ0) is 16.7. The molecule has 5 nitrogen and oxygen atoms in total. The summed E-state index contributed by atoms with van der Waals surface area (Å²) in [6.45, 7) is 4.11. The van der Waals surface area contributed by atoms with Crippen LogP contribution in [0.15, 0.2) is 30.3 Å². The molecule has 2 amide bonds. The number of aryl methyl sites for hydroxylation is 1. The van der Waals surface area contributed by atoms with Crippen molar-refractivity contribution in [2.75, 3.05) is 32.5 Å². The molecule has 23 heavy (non-hydrogen) atoms. The second kappa shape index (κ2) is 9.03. The fourth-order valence-corrected chi connectivity index (χ4v) is 2.83. The summed E-state index contributed by atoms with van der Waals surface area (Å²) < 4.78 is 17.1. The van der Waals surface area contributed by atoms with Crippen molar-refractivity contribution in [3.63, 3.8) is 0 Å². The van der Waals surface area contributed by atoms with Gasteiger partial charge < -0.3 is 15.0 Å². The molecule has 0 unspecified atom stereocenters. The largest absolute Gasteiger partial charge is 0.375 e. The molecule has 0 spiro atoms. The Morgan fingerprint density at radius 2 is 2.17 bits per heavy atom. The number of nitrogens with zero attached hydrogens (tertiary/aromatic N) is 1. The third kappa shape index (κ3) is 5.95. The van der Waals surface area contributed by atoms with E-state index in [4.69, 9.17) is 4.74 Å². The van der Waals surface area contributed by atoms with Crippen LogP contribution in [-0.4, -0.2) is 59.0 Å². The molecule has 2 rings (SSSR count). The number of rotatable bonds is 6. The number of amides is 2. The Hall–Kier alpha value is -1.40. The van der Waals surface area contributed by atoms with Gasteiger partial charge in [0, 0.05) is 41.9 Å². The Kier molecular flexibility index (Phi) is 7.05. The first-order valence-electron chi connectivity index (χ1n) is 8.07. The number of hydrogen-bond donors (Lipinski definition) is 1.